The Labute approximate surface area is 215 Å². The number of H-pyrrole nitrogens is 2. The molecule has 1 aliphatic carbocycles. The first-order valence-electron chi connectivity index (χ1n) is 12.1. The molecule has 1 aliphatic rings. The number of ether oxygens (including phenoxy) is 1. The highest BCUT2D eigenvalue weighted by atomic mass is 19.4. The fraction of sp³-hybridized carbons (Fsp3) is 0.222. The molecule has 0 saturated heterocycles. The quantitative estimate of drug-likeness (QED) is 0.282. The van der Waals surface area contributed by atoms with E-state index in [0.29, 0.717) is 57.8 Å². The smallest absolute Gasteiger partial charge is 0.405 e. The van der Waals surface area contributed by atoms with Crippen molar-refractivity contribution in [2.45, 2.75) is 32.5 Å². The van der Waals surface area contributed by atoms with E-state index < -0.39 is 6.36 Å². The van der Waals surface area contributed by atoms with E-state index in [2.05, 4.69) is 42.1 Å². The first-order chi connectivity index (χ1) is 18.2. The minimum atomic E-state index is -4.86. The maximum Gasteiger partial charge on any atom is 0.573 e. The zero-order valence-electron chi connectivity index (χ0n) is 20.5. The minimum absolute atomic E-state index is 0.255. The van der Waals surface area contributed by atoms with Crippen LogP contribution in [0.3, 0.4) is 0 Å². The third-order valence-electron chi connectivity index (χ3n) is 6.10. The van der Waals surface area contributed by atoms with Crippen molar-refractivity contribution < 1.29 is 17.9 Å². The molecule has 0 bridgehead atoms. The SMILES string of the molecule is C=C(NCC)Nc1nc2cc(-c3cc(Cc4n[nH]c(=O)c5c4=CCCC=5)ccc3OC(F)(F)F)ccc2[nH]1. The molecule has 0 amide bonds. The van der Waals surface area contributed by atoms with Gasteiger partial charge in [-0.1, -0.05) is 30.9 Å². The Morgan fingerprint density at radius 1 is 1.13 bits per heavy atom. The summed E-state index contributed by atoms with van der Waals surface area (Å²) in [6, 6.07) is 9.65. The van der Waals surface area contributed by atoms with Crippen LogP contribution in [0.2, 0.25) is 0 Å². The van der Waals surface area contributed by atoms with Gasteiger partial charge in [-0.15, -0.1) is 13.2 Å². The average molecular weight is 523 g/mol. The Morgan fingerprint density at radius 2 is 1.92 bits per heavy atom. The highest BCUT2D eigenvalue weighted by molar-refractivity contribution is 5.85. The van der Waals surface area contributed by atoms with Gasteiger partial charge in [-0.2, -0.15) is 5.10 Å². The standard InChI is InChI=1S/C27H25F3N6O2/c1-3-31-15(2)32-26-33-21-10-9-17(14-23(21)34-26)20-12-16(8-11-24(20)38-27(28,29)30)13-22-18-6-4-5-7-19(18)25(37)36-35-22/h6-12,14,31H,2-5,13H2,1H3,(H,36,37)(H2,32,33,34). The number of benzene rings is 2. The summed E-state index contributed by atoms with van der Waals surface area (Å²) in [4.78, 5) is 19.8. The molecule has 0 fully saturated rings. The van der Waals surface area contributed by atoms with Crippen LogP contribution in [0.1, 0.15) is 31.0 Å². The van der Waals surface area contributed by atoms with Crippen LogP contribution in [0.15, 0.2) is 53.6 Å². The first kappa shape index (κ1) is 25.1. The van der Waals surface area contributed by atoms with E-state index in [1.54, 1.807) is 30.3 Å². The summed E-state index contributed by atoms with van der Waals surface area (Å²) in [5, 5.41) is 14.1. The van der Waals surface area contributed by atoms with E-state index in [1.165, 1.54) is 6.07 Å². The molecule has 11 heteroatoms. The number of hydrogen-bond acceptors (Lipinski definition) is 6. The van der Waals surface area contributed by atoms with Gasteiger partial charge in [-0.25, -0.2) is 10.1 Å². The van der Waals surface area contributed by atoms with Crippen LogP contribution in [-0.2, 0) is 6.42 Å². The van der Waals surface area contributed by atoms with Crippen LogP contribution in [0, 0.1) is 0 Å². The lowest BCUT2D eigenvalue weighted by Crippen LogP contribution is -2.45. The van der Waals surface area contributed by atoms with Gasteiger partial charge in [0.25, 0.3) is 5.56 Å². The van der Waals surface area contributed by atoms with E-state index >= 15 is 0 Å². The number of alkyl halides is 3. The molecule has 4 aromatic rings. The summed E-state index contributed by atoms with van der Waals surface area (Å²) in [7, 11) is 0. The zero-order valence-corrected chi connectivity index (χ0v) is 20.5. The van der Waals surface area contributed by atoms with Gasteiger partial charge in [0.15, 0.2) is 0 Å². The molecule has 2 aromatic heterocycles. The summed E-state index contributed by atoms with van der Waals surface area (Å²) in [6.45, 7) is 6.48. The second-order valence-electron chi connectivity index (χ2n) is 8.82. The number of aromatic amines is 2. The number of nitrogens with zero attached hydrogens (tertiary/aromatic N) is 2. The van der Waals surface area contributed by atoms with E-state index in [9.17, 15) is 18.0 Å². The van der Waals surface area contributed by atoms with Crippen molar-refractivity contribution >= 4 is 29.1 Å². The maximum atomic E-state index is 13.2. The van der Waals surface area contributed by atoms with Crippen LogP contribution in [-0.4, -0.2) is 33.1 Å². The Kier molecular flexibility index (Phi) is 6.66. The van der Waals surface area contributed by atoms with Crippen LogP contribution in [0.25, 0.3) is 34.3 Å². The van der Waals surface area contributed by atoms with Gasteiger partial charge >= 0.3 is 6.36 Å². The average Bonchev–Trinajstić information content (AvgIpc) is 3.27. The second kappa shape index (κ2) is 10.1. The molecule has 0 radical (unpaired) electrons. The van der Waals surface area contributed by atoms with Gasteiger partial charge in [0.05, 0.1) is 22.5 Å². The Bertz CT molecular complexity index is 1700. The van der Waals surface area contributed by atoms with Crippen LogP contribution in [0.5, 0.6) is 5.75 Å². The van der Waals surface area contributed by atoms with Crippen molar-refractivity contribution in [2.24, 2.45) is 0 Å². The molecular formula is C27H25F3N6O2. The van der Waals surface area contributed by atoms with Crippen molar-refractivity contribution in [2.75, 3.05) is 11.9 Å². The molecule has 2 aromatic carbocycles. The predicted molar refractivity (Wildman–Crippen MR) is 140 cm³/mol. The van der Waals surface area contributed by atoms with E-state index in [4.69, 9.17) is 0 Å². The van der Waals surface area contributed by atoms with Crippen molar-refractivity contribution in [3.05, 3.63) is 80.8 Å². The van der Waals surface area contributed by atoms with Crippen molar-refractivity contribution in [3.63, 3.8) is 0 Å². The van der Waals surface area contributed by atoms with Gasteiger partial charge in [0, 0.05) is 29.0 Å². The number of fused-ring (bicyclic) bond motifs is 2. The molecule has 8 nitrogen and oxygen atoms in total. The van der Waals surface area contributed by atoms with Crippen LogP contribution < -0.4 is 31.4 Å². The highest BCUT2D eigenvalue weighted by Crippen LogP contribution is 2.36. The van der Waals surface area contributed by atoms with Gasteiger partial charge < -0.3 is 20.4 Å². The number of imidazole rings is 1. The fourth-order valence-corrected chi connectivity index (χ4v) is 4.49. The van der Waals surface area contributed by atoms with Gasteiger partial charge in [-0.05, 0) is 55.2 Å². The van der Waals surface area contributed by atoms with Crippen LogP contribution >= 0.6 is 0 Å². The highest BCUT2D eigenvalue weighted by Gasteiger charge is 2.32. The molecule has 4 N–H and O–H groups in total. The van der Waals surface area contributed by atoms with E-state index in [-0.39, 0.29) is 16.9 Å². The summed E-state index contributed by atoms with van der Waals surface area (Å²) in [6.07, 6.45) is 0.854. The van der Waals surface area contributed by atoms with Crippen LogP contribution in [0.4, 0.5) is 19.1 Å². The number of rotatable bonds is 8. The Morgan fingerprint density at radius 3 is 2.68 bits per heavy atom. The molecule has 38 heavy (non-hydrogen) atoms. The van der Waals surface area contributed by atoms with Crippen molar-refractivity contribution in [1.29, 1.82) is 0 Å². The lowest BCUT2D eigenvalue weighted by atomic mass is 9.98. The lowest BCUT2D eigenvalue weighted by Gasteiger charge is -2.15. The molecule has 0 unspecified atom stereocenters. The molecule has 0 spiro atoms. The zero-order chi connectivity index (χ0) is 26.9. The van der Waals surface area contributed by atoms with Crippen molar-refractivity contribution in [3.8, 4) is 16.9 Å². The normalized spacial score (nSPS) is 12.8. The largest absolute Gasteiger partial charge is 0.573 e. The van der Waals surface area contributed by atoms with E-state index in [0.717, 1.165) is 18.1 Å². The van der Waals surface area contributed by atoms with Crippen molar-refractivity contribution in [1.82, 2.24) is 25.5 Å². The second-order valence-corrected chi connectivity index (χ2v) is 8.82. The van der Waals surface area contributed by atoms with E-state index in [1.807, 2.05) is 19.1 Å². The monoisotopic (exact) mass is 522 g/mol. The molecule has 0 atom stereocenters. The molecule has 0 aliphatic heterocycles. The fourth-order valence-electron chi connectivity index (χ4n) is 4.49. The van der Waals surface area contributed by atoms with Gasteiger partial charge in [0.1, 0.15) is 5.75 Å². The number of anilines is 1. The number of halogens is 3. The maximum absolute atomic E-state index is 13.2. The predicted octanol–water partition coefficient (Wildman–Crippen LogP) is 3.65. The summed E-state index contributed by atoms with van der Waals surface area (Å²) in [5.41, 5.74) is 3.10. The number of nitrogens with one attached hydrogen (secondary N) is 4. The number of aromatic nitrogens is 4. The molecule has 0 saturated carbocycles. The minimum Gasteiger partial charge on any atom is -0.405 e. The molecular weight excluding hydrogens is 497 g/mol. The molecule has 196 valence electrons. The Hall–Kier alpha value is -4.54. The summed E-state index contributed by atoms with van der Waals surface area (Å²) < 4.78 is 44.1. The van der Waals surface area contributed by atoms with Gasteiger partial charge in [-0.3, -0.25) is 4.79 Å². The van der Waals surface area contributed by atoms with Gasteiger partial charge in [0.2, 0.25) is 5.95 Å². The first-order valence-corrected chi connectivity index (χ1v) is 12.1. The lowest BCUT2D eigenvalue weighted by molar-refractivity contribution is -0.274. The third-order valence-corrected chi connectivity index (χ3v) is 6.10. The number of hydrogen-bond donors (Lipinski definition) is 4. The third kappa shape index (κ3) is 5.41. The molecule has 5 rings (SSSR count). The molecule has 2 heterocycles. The Balaban J connectivity index is 1.54. The topological polar surface area (TPSA) is 108 Å². The summed E-state index contributed by atoms with van der Waals surface area (Å²) in [5.74, 6) is 0.685. The summed E-state index contributed by atoms with van der Waals surface area (Å²) >= 11 is 0.